The van der Waals surface area contributed by atoms with Crippen molar-refractivity contribution >= 4 is 5.69 Å². The summed E-state index contributed by atoms with van der Waals surface area (Å²) >= 11 is 0. The second-order valence-corrected chi connectivity index (χ2v) is 3.57. The van der Waals surface area contributed by atoms with E-state index in [1.807, 2.05) is 12.1 Å². The molecule has 1 heterocycles. The maximum absolute atomic E-state index is 9.39. The summed E-state index contributed by atoms with van der Waals surface area (Å²) in [4.78, 5) is 2.33. The first-order valence-corrected chi connectivity index (χ1v) is 5.09. The number of likely N-dealkylation sites (N-methyl/N-ethyl adjacent to an activating group) is 1. The number of phenolic OH excluding ortho intramolecular Hbond substituents is 1. The van der Waals surface area contributed by atoms with Crippen LogP contribution in [0.4, 0.5) is 5.69 Å². The Morgan fingerprint density at radius 3 is 3.14 bits per heavy atom. The number of fused-ring (bicyclic) bond motifs is 1. The van der Waals surface area contributed by atoms with E-state index in [0.717, 1.165) is 26.2 Å². The van der Waals surface area contributed by atoms with Crippen molar-refractivity contribution in [1.82, 2.24) is 5.32 Å². The predicted octanol–water partition coefficient (Wildman–Crippen LogP) is 1.32. The van der Waals surface area contributed by atoms with Crippen molar-refractivity contribution in [3.8, 4) is 5.75 Å². The molecule has 0 radical (unpaired) electrons. The van der Waals surface area contributed by atoms with E-state index in [-0.39, 0.29) is 0 Å². The van der Waals surface area contributed by atoms with Crippen LogP contribution in [0.1, 0.15) is 12.5 Å². The molecule has 76 valence electrons. The van der Waals surface area contributed by atoms with E-state index in [1.165, 1.54) is 11.3 Å². The molecule has 14 heavy (non-hydrogen) atoms. The largest absolute Gasteiger partial charge is 0.508 e. The molecular weight excluding hydrogens is 176 g/mol. The number of benzene rings is 1. The highest BCUT2D eigenvalue weighted by molar-refractivity contribution is 5.56. The molecule has 0 aliphatic carbocycles. The Kier molecular flexibility index (Phi) is 2.59. The summed E-state index contributed by atoms with van der Waals surface area (Å²) in [6, 6.07) is 5.60. The highest BCUT2D eigenvalue weighted by Crippen LogP contribution is 2.25. The van der Waals surface area contributed by atoms with E-state index in [9.17, 15) is 5.11 Å². The smallest absolute Gasteiger partial charge is 0.116 e. The van der Waals surface area contributed by atoms with Gasteiger partial charge in [-0.05, 0) is 30.7 Å². The van der Waals surface area contributed by atoms with Crippen LogP contribution >= 0.6 is 0 Å². The second kappa shape index (κ2) is 3.88. The maximum atomic E-state index is 9.39. The molecule has 3 heteroatoms. The summed E-state index contributed by atoms with van der Waals surface area (Å²) in [6.45, 7) is 6.05. The molecule has 0 aromatic heterocycles. The number of hydrogen-bond acceptors (Lipinski definition) is 3. The van der Waals surface area contributed by atoms with Crippen molar-refractivity contribution in [2.24, 2.45) is 0 Å². The Morgan fingerprint density at radius 2 is 2.36 bits per heavy atom. The zero-order valence-corrected chi connectivity index (χ0v) is 8.45. The monoisotopic (exact) mass is 192 g/mol. The van der Waals surface area contributed by atoms with Gasteiger partial charge in [0.2, 0.25) is 0 Å². The van der Waals surface area contributed by atoms with Gasteiger partial charge in [0.05, 0.1) is 0 Å². The first-order chi connectivity index (χ1) is 6.81. The lowest BCUT2D eigenvalue weighted by Gasteiger charge is -2.22. The van der Waals surface area contributed by atoms with Crippen molar-refractivity contribution in [2.45, 2.75) is 13.5 Å². The Bertz CT molecular complexity index is 325. The zero-order chi connectivity index (χ0) is 9.97. The molecule has 0 saturated carbocycles. The average Bonchev–Trinajstić information content (AvgIpc) is 2.38. The van der Waals surface area contributed by atoms with E-state index in [1.54, 1.807) is 6.07 Å². The summed E-state index contributed by atoms with van der Waals surface area (Å²) in [7, 11) is 0. The highest BCUT2D eigenvalue weighted by atomic mass is 16.3. The molecule has 1 aliphatic heterocycles. The van der Waals surface area contributed by atoms with Gasteiger partial charge in [0.15, 0.2) is 0 Å². The minimum atomic E-state index is 0.350. The summed E-state index contributed by atoms with van der Waals surface area (Å²) < 4.78 is 0. The molecule has 0 fully saturated rings. The minimum absolute atomic E-state index is 0.350. The maximum Gasteiger partial charge on any atom is 0.116 e. The van der Waals surface area contributed by atoms with Crippen LogP contribution in [0.5, 0.6) is 5.75 Å². The van der Waals surface area contributed by atoms with Crippen LogP contribution in [0.3, 0.4) is 0 Å². The van der Waals surface area contributed by atoms with Crippen molar-refractivity contribution in [1.29, 1.82) is 0 Å². The van der Waals surface area contributed by atoms with Crippen LogP contribution < -0.4 is 10.2 Å². The van der Waals surface area contributed by atoms with Crippen molar-refractivity contribution in [2.75, 3.05) is 24.5 Å². The normalized spacial score (nSPS) is 16.2. The Labute approximate surface area is 84.4 Å². The molecule has 0 saturated heterocycles. The van der Waals surface area contributed by atoms with E-state index in [2.05, 4.69) is 17.1 Å². The third kappa shape index (κ3) is 1.68. The highest BCUT2D eigenvalue weighted by Gasteiger charge is 2.13. The molecule has 0 atom stereocenters. The number of rotatable bonds is 1. The zero-order valence-electron chi connectivity index (χ0n) is 8.45. The van der Waals surface area contributed by atoms with E-state index >= 15 is 0 Å². The Morgan fingerprint density at radius 1 is 1.50 bits per heavy atom. The molecule has 0 spiro atoms. The van der Waals surface area contributed by atoms with E-state index in [4.69, 9.17) is 0 Å². The van der Waals surface area contributed by atoms with Crippen molar-refractivity contribution < 1.29 is 5.11 Å². The lowest BCUT2D eigenvalue weighted by atomic mass is 10.1. The minimum Gasteiger partial charge on any atom is -0.508 e. The lowest BCUT2D eigenvalue weighted by molar-refractivity contribution is 0.474. The van der Waals surface area contributed by atoms with Gasteiger partial charge in [0, 0.05) is 31.9 Å². The second-order valence-electron chi connectivity index (χ2n) is 3.57. The van der Waals surface area contributed by atoms with Gasteiger partial charge in [-0.15, -0.1) is 0 Å². The average molecular weight is 192 g/mol. The predicted molar refractivity (Wildman–Crippen MR) is 57.7 cm³/mol. The molecule has 1 aliphatic rings. The molecule has 3 nitrogen and oxygen atoms in total. The third-order valence-electron chi connectivity index (χ3n) is 2.66. The summed E-state index contributed by atoms with van der Waals surface area (Å²) in [5, 5.41) is 12.7. The Balaban J connectivity index is 2.39. The first kappa shape index (κ1) is 9.34. The van der Waals surface area contributed by atoms with Gasteiger partial charge >= 0.3 is 0 Å². The summed E-state index contributed by atoms with van der Waals surface area (Å²) in [5.41, 5.74) is 2.43. The Hall–Kier alpha value is -1.22. The lowest BCUT2D eigenvalue weighted by Crippen LogP contribution is -2.28. The number of anilines is 1. The number of aromatic hydroxyl groups is 1. The third-order valence-corrected chi connectivity index (χ3v) is 2.66. The van der Waals surface area contributed by atoms with Gasteiger partial charge < -0.3 is 15.3 Å². The summed E-state index contributed by atoms with van der Waals surface area (Å²) in [5.74, 6) is 0.350. The van der Waals surface area contributed by atoms with Gasteiger partial charge in [-0.1, -0.05) is 0 Å². The SMILES string of the molecule is CCN1CCNCc2cc(O)ccc21. The molecule has 2 N–H and O–H groups in total. The number of hydrogen-bond donors (Lipinski definition) is 2. The van der Waals surface area contributed by atoms with E-state index < -0.39 is 0 Å². The number of nitrogens with one attached hydrogen (secondary N) is 1. The molecule has 1 aromatic carbocycles. The molecule has 0 bridgehead atoms. The van der Waals surface area contributed by atoms with E-state index in [0.29, 0.717) is 5.75 Å². The molecule has 0 unspecified atom stereocenters. The first-order valence-electron chi connectivity index (χ1n) is 5.09. The van der Waals surface area contributed by atoms with Crippen LogP contribution in [-0.2, 0) is 6.54 Å². The fourth-order valence-electron chi connectivity index (χ4n) is 1.91. The number of nitrogens with zero attached hydrogens (tertiary/aromatic N) is 1. The molecular formula is C11H16N2O. The van der Waals surface area contributed by atoms with Crippen LogP contribution in [0.25, 0.3) is 0 Å². The molecule has 0 amide bonds. The van der Waals surface area contributed by atoms with Crippen LogP contribution in [0.2, 0.25) is 0 Å². The fourth-order valence-corrected chi connectivity index (χ4v) is 1.91. The van der Waals surface area contributed by atoms with Crippen molar-refractivity contribution in [3.63, 3.8) is 0 Å². The molecule has 2 rings (SSSR count). The van der Waals surface area contributed by atoms with Crippen LogP contribution in [-0.4, -0.2) is 24.7 Å². The topological polar surface area (TPSA) is 35.5 Å². The van der Waals surface area contributed by atoms with Gasteiger partial charge in [-0.25, -0.2) is 0 Å². The van der Waals surface area contributed by atoms with Gasteiger partial charge in [-0.3, -0.25) is 0 Å². The van der Waals surface area contributed by atoms with Crippen molar-refractivity contribution in [3.05, 3.63) is 23.8 Å². The van der Waals surface area contributed by atoms with Gasteiger partial charge in [0.1, 0.15) is 5.75 Å². The quantitative estimate of drug-likeness (QED) is 0.704. The van der Waals surface area contributed by atoms with Crippen LogP contribution in [0.15, 0.2) is 18.2 Å². The van der Waals surface area contributed by atoms with Gasteiger partial charge in [-0.2, -0.15) is 0 Å². The van der Waals surface area contributed by atoms with Crippen LogP contribution in [0, 0.1) is 0 Å². The number of phenols is 1. The fraction of sp³-hybridized carbons (Fsp3) is 0.455. The van der Waals surface area contributed by atoms with Gasteiger partial charge in [0.25, 0.3) is 0 Å². The standard InChI is InChI=1S/C11H16N2O/c1-2-13-6-5-12-8-9-7-10(14)3-4-11(9)13/h3-4,7,12,14H,2,5-6,8H2,1H3. The summed E-state index contributed by atoms with van der Waals surface area (Å²) in [6.07, 6.45) is 0. The molecule has 1 aromatic rings.